The quantitative estimate of drug-likeness (QED) is 0.867. The summed E-state index contributed by atoms with van der Waals surface area (Å²) in [7, 11) is 1.53. The van der Waals surface area contributed by atoms with E-state index >= 15 is 0 Å². The molecule has 2 nitrogen and oxygen atoms in total. The fraction of sp³-hybridized carbons (Fsp3) is 0.200. The predicted octanol–water partition coefficient (Wildman–Crippen LogP) is 4.02. The van der Waals surface area contributed by atoms with Crippen molar-refractivity contribution < 1.29 is 18.6 Å². The molecule has 2 rings (SSSR count). The number of benzene rings is 2. The van der Waals surface area contributed by atoms with Gasteiger partial charge in [0.2, 0.25) is 0 Å². The lowest BCUT2D eigenvalue weighted by Gasteiger charge is -2.16. The summed E-state index contributed by atoms with van der Waals surface area (Å²) < 4.78 is 32.3. The van der Waals surface area contributed by atoms with E-state index in [0.29, 0.717) is 16.9 Å². The highest BCUT2D eigenvalue weighted by atomic mass is 35.5. The summed E-state index contributed by atoms with van der Waals surface area (Å²) in [6, 6.07) is 6.74. The maximum atomic E-state index is 13.8. The minimum atomic E-state index is -1.27. The van der Waals surface area contributed by atoms with E-state index in [9.17, 15) is 13.9 Å². The van der Waals surface area contributed by atoms with Crippen LogP contribution in [0.1, 0.15) is 22.8 Å². The summed E-state index contributed by atoms with van der Waals surface area (Å²) in [4.78, 5) is 0. The molecule has 0 aliphatic heterocycles. The van der Waals surface area contributed by atoms with E-state index in [0.717, 1.165) is 12.1 Å². The van der Waals surface area contributed by atoms with E-state index in [2.05, 4.69) is 0 Å². The molecule has 0 aliphatic carbocycles. The van der Waals surface area contributed by atoms with Crippen LogP contribution in [0.25, 0.3) is 0 Å². The largest absolute Gasteiger partial charge is 0.497 e. The van der Waals surface area contributed by atoms with Crippen LogP contribution in [-0.4, -0.2) is 12.2 Å². The van der Waals surface area contributed by atoms with Gasteiger partial charge in [-0.3, -0.25) is 0 Å². The Balaban J connectivity index is 2.46. The van der Waals surface area contributed by atoms with Crippen LogP contribution in [0.5, 0.6) is 5.75 Å². The molecule has 106 valence electrons. The fourth-order valence-electron chi connectivity index (χ4n) is 2.00. The first-order chi connectivity index (χ1) is 9.43. The third-order valence-corrected chi connectivity index (χ3v) is 3.40. The second-order valence-electron chi connectivity index (χ2n) is 4.41. The van der Waals surface area contributed by atoms with E-state index in [1.165, 1.54) is 7.11 Å². The van der Waals surface area contributed by atoms with Gasteiger partial charge in [0.1, 0.15) is 23.5 Å². The van der Waals surface area contributed by atoms with Crippen LogP contribution >= 0.6 is 11.6 Å². The zero-order valence-electron chi connectivity index (χ0n) is 11.0. The summed E-state index contributed by atoms with van der Waals surface area (Å²) in [5.74, 6) is -0.895. The molecular weight excluding hydrogens is 286 g/mol. The average molecular weight is 299 g/mol. The molecule has 0 aliphatic rings. The van der Waals surface area contributed by atoms with Gasteiger partial charge in [-0.25, -0.2) is 8.78 Å². The third kappa shape index (κ3) is 2.76. The first-order valence-corrected chi connectivity index (χ1v) is 6.29. The van der Waals surface area contributed by atoms with E-state index < -0.39 is 17.7 Å². The van der Waals surface area contributed by atoms with Crippen molar-refractivity contribution in [2.75, 3.05) is 7.11 Å². The Kier molecular flexibility index (Phi) is 4.26. The Morgan fingerprint density at radius 1 is 1.10 bits per heavy atom. The molecule has 2 aromatic rings. The highest BCUT2D eigenvalue weighted by Gasteiger charge is 2.19. The van der Waals surface area contributed by atoms with Crippen molar-refractivity contribution in [1.82, 2.24) is 0 Å². The third-order valence-electron chi connectivity index (χ3n) is 3.11. The van der Waals surface area contributed by atoms with Gasteiger partial charge in [0, 0.05) is 5.56 Å². The number of hydrogen-bond donors (Lipinski definition) is 1. The second kappa shape index (κ2) is 5.77. The van der Waals surface area contributed by atoms with Crippen molar-refractivity contribution in [1.29, 1.82) is 0 Å². The zero-order valence-corrected chi connectivity index (χ0v) is 11.7. The predicted molar refractivity (Wildman–Crippen MR) is 73.2 cm³/mol. The van der Waals surface area contributed by atoms with E-state index in [4.69, 9.17) is 16.3 Å². The molecule has 0 heterocycles. The number of hydrogen-bond acceptors (Lipinski definition) is 2. The highest BCUT2D eigenvalue weighted by Crippen LogP contribution is 2.31. The molecule has 0 saturated heterocycles. The highest BCUT2D eigenvalue weighted by molar-refractivity contribution is 6.30. The smallest absolute Gasteiger partial charge is 0.142 e. The molecule has 0 spiro atoms. The maximum Gasteiger partial charge on any atom is 0.142 e. The Morgan fingerprint density at radius 3 is 2.40 bits per heavy atom. The summed E-state index contributed by atoms with van der Waals surface area (Å²) >= 11 is 5.49. The number of halogens is 3. The van der Waals surface area contributed by atoms with Crippen molar-refractivity contribution in [3.05, 3.63) is 63.7 Å². The lowest BCUT2D eigenvalue weighted by atomic mass is 9.97. The van der Waals surface area contributed by atoms with Gasteiger partial charge in [0.15, 0.2) is 0 Å². The van der Waals surface area contributed by atoms with Crippen molar-refractivity contribution >= 4 is 11.6 Å². The van der Waals surface area contributed by atoms with Gasteiger partial charge < -0.3 is 9.84 Å². The summed E-state index contributed by atoms with van der Waals surface area (Å²) in [6.45, 7) is 1.76. The van der Waals surface area contributed by atoms with E-state index in [-0.39, 0.29) is 10.6 Å². The Labute approximate surface area is 120 Å². The molecule has 5 heteroatoms. The molecule has 0 saturated carbocycles. The lowest BCUT2D eigenvalue weighted by Crippen LogP contribution is -2.05. The topological polar surface area (TPSA) is 29.5 Å². The van der Waals surface area contributed by atoms with Gasteiger partial charge >= 0.3 is 0 Å². The molecular formula is C15H13ClF2O2. The lowest BCUT2D eigenvalue weighted by molar-refractivity contribution is 0.213. The Hall–Kier alpha value is -1.65. The van der Waals surface area contributed by atoms with Crippen LogP contribution in [-0.2, 0) is 0 Å². The van der Waals surface area contributed by atoms with Gasteiger partial charge in [-0.1, -0.05) is 17.7 Å². The summed E-state index contributed by atoms with van der Waals surface area (Å²) in [6.07, 6.45) is -1.27. The average Bonchev–Trinajstić information content (AvgIpc) is 2.42. The normalized spacial score (nSPS) is 12.3. The van der Waals surface area contributed by atoms with Crippen molar-refractivity contribution in [2.24, 2.45) is 0 Å². The van der Waals surface area contributed by atoms with Gasteiger partial charge in [0.25, 0.3) is 0 Å². The monoisotopic (exact) mass is 298 g/mol. The summed E-state index contributed by atoms with van der Waals surface area (Å²) in [5, 5.41) is 9.93. The Morgan fingerprint density at radius 2 is 1.80 bits per heavy atom. The van der Waals surface area contributed by atoms with Crippen LogP contribution in [0.15, 0.2) is 30.3 Å². The van der Waals surface area contributed by atoms with Crippen molar-refractivity contribution in [3.63, 3.8) is 0 Å². The van der Waals surface area contributed by atoms with Gasteiger partial charge in [-0.15, -0.1) is 0 Å². The molecule has 0 bridgehead atoms. The molecule has 0 fully saturated rings. The van der Waals surface area contributed by atoms with Crippen LogP contribution in [0.4, 0.5) is 8.78 Å². The van der Waals surface area contributed by atoms with Crippen LogP contribution in [0, 0.1) is 18.6 Å². The standard InChI is InChI=1S/C15H13ClF2O2/c1-8-5-9(20-2)3-4-10(8)15(19)11-6-14(18)12(16)7-13(11)17/h3-7,15,19H,1-2H3. The van der Waals surface area contributed by atoms with Crippen molar-refractivity contribution in [2.45, 2.75) is 13.0 Å². The minimum Gasteiger partial charge on any atom is -0.497 e. The molecule has 1 N–H and O–H groups in total. The number of aliphatic hydroxyl groups excluding tert-OH is 1. The number of methoxy groups -OCH3 is 1. The van der Waals surface area contributed by atoms with Gasteiger partial charge in [-0.05, 0) is 42.3 Å². The molecule has 0 aromatic heterocycles. The first-order valence-electron chi connectivity index (χ1n) is 5.91. The van der Waals surface area contributed by atoms with Crippen molar-refractivity contribution in [3.8, 4) is 5.75 Å². The number of aliphatic hydroxyl groups is 1. The first kappa shape index (κ1) is 14.8. The molecule has 1 atom stereocenters. The van der Waals surface area contributed by atoms with Crippen LogP contribution < -0.4 is 4.74 Å². The van der Waals surface area contributed by atoms with Crippen LogP contribution in [0.3, 0.4) is 0 Å². The summed E-state index contributed by atoms with van der Waals surface area (Å²) in [5.41, 5.74) is 1.04. The molecule has 1 unspecified atom stereocenters. The van der Waals surface area contributed by atoms with Gasteiger partial charge in [-0.2, -0.15) is 0 Å². The molecule has 0 radical (unpaired) electrons. The fourth-order valence-corrected chi connectivity index (χ4v) is 2.15. The number of ether oxygens (including phenoxy) is 1. The Bertz CT molecular complexity index is 644. The molecule has 0 amide bonds. The number of rotatable bonds is 3. The van der Waals surface area contributed by atoms with E-state index in [1.807, 2.05) is 0 Å². The number of aryl methyl sites for hydroxylation is 1. The maximum absolute atomic E-state index is 13.8. The zero-order chi connectivity index (χ0) is 14.9. The SMILES string of the molecule is COc1ccc(C(O)c2cc(F)c(Cl)cc2F)c(C)c1. The van der Waals surface area contributed by atoms with Crippen LogP contribution in [0.2, 0.25) is 5.02 Å². The molecule has 2 aromatic carbocycles. The van der Waals surface area contributed by atoms with E-state index in [1.54, 1.807) is 25.1 Å². The van der Waals surface area contributed by atoms with Gasteiger partial charge in [0.05, 0.1) is 12.1 Å². The minimum absolute atomic E-state index is 0.153. The molecule has 20 heavy (non-hydrogen) atoms. The second-order valence-corrected chi connectivity index (χ2v) is 4.82.